The number of nitrogens with zero attached hydrogens (tertiary/aromatic N) is 18. The number of H-pyrrole nitrogens is 5. The number of fused-ring (bicyclic) bond motifs is 6. The lowest BCUT2D eigenvalue weighted by molar-refractivity contribution is -0.0638. The molecule has 2 aromatic carbocycles. The Morgan fingerprint density at radius 2 is 0.697 bits per heavy atom. The van der Waals surface area contributed by atoms with Crippen molar-refractivity contribution in [3.8, 4) is 17.2 Å². The largest absolute Gasteiger partial charge is 0.527 e. The fraction of sp³-hybridized carbons (Fsp3) is 0.425. The Kier molecular flexibility index (Phi) is 27.0. The minimum absolute atomic E-state index is 0.000922. The van der Waals surface area contributed by atoms with Gasteiger partial charge >= 0.3 is 52.6 Å². The molecule has 24 unspecified atom stereocenters. The van der Waals surface area contributed by atoms with E-state index in [1.54, 1.807) is 30.3 Å². The average Bonchev–Trinajstić information content (AvgIpc) is 1.64. The topological polar surface area (TPSA) is 919 Å². The number of phosphoric acid groups is 6. The predicted molar refractivity (Wildman–Crippen MR) is 482 cm³/mol. The average molecular weight is 2150 g/mol. The van der Waals surface area contributed by atoms with Crippen molar-refractivity contribution >= 4 is 143 Å². The van der Waals surface area contributed by atoms with Gasteiger partial charge in [0.15, 0.2) is 61.7 Å². The lowest BCUT2D eigenvalue weighted by Gasteiger charge is -2.26. The van der Waals surface area contributed by atoms with Gasteiger partial charge < -0.3 is 95.6 Å². The zero-order valence-corrected chi connectivity index (χ0v) is 79.3. The van der Waals surface area contributed by atoms with Gasteiger partial charge in [0, 0.05) is 50.3 Å². The van der Waals surface area contributed by atoms with Crippen molar-refractivity contribution in [2.24, 2.45) is 0 Å². The molecule has 20 rings (SSSR count). The molecular formula is C73H82N28O38P6. The molecule has 22 N–H and O–H groups in total. The van der Waals surface area contributed by atoms with Crippen molar-refractivity contribution in [3.05, 3.63) is 161 Å². The van der Waals surface area contributed by atoms with Crippen LogP contribution in [0.5, 0.6) is 5.75 Å². The number of aromatic nitrogens is 23. The van der Waals surface area contributed by atoms with E-state index in [-0.39, 0.29) is 96.8 Å². The highest BCUT2D eigenvalue weighted by Gasteiger charge is 2.53. The molecule has 18 heterocycles. The van der Waals surface area contributed by atoms with Crippen LogP contribution < -0.4 is 66.7 Å². The summed E-state index contributed by atoms with van der Waals surface area (Å²) in [4.78, 5) is 209. The second kappa shape index (κ2) is 39.2. The van der Waals surface area contributed by atoms with Crippen LogP contribution in [0.3, 0.4) is 0 Å². The second-order valence-electron chi connectivity index (χ2n) is 33.3. The second-order valence-corrected chi connectivity index (χ2v) is 41.7. The maximum absolute atomic E-state index is 14.8. The number of rotatable bonds is 37. The third kappa shape index (κ3) is 21.3. The lowest BCUT2D eigenvalue weighted by atomic mass is 10.2. The Morgan fingerprint density at radius 1 is 0.372 bits per heavy atom. The molecule has 24 atom stereocenters. The number of ether oxygens (including phenoxy) is 6. The van der Waals surface area contributed by atoms with Crippen LogP contribution in [-0.2, 0) is 106 Å². The standard InChI is InChI=1S/C73H82N28O38P6/c1-29-16-96(73(108)95-63(29)103)47-11-35(41(128-47)18-122-140(109,110)134-33-8-4-2-6-30(33)68-86-31-7-3-5-9-34(31)133-68)135-142(113,114)124-20-43-37(13-49(130-43)99-26-83-54-60(99)88-70(76)92-65(54)105)138-144(117,118)126-22-45-39(15-51(132-45)101-28-85-56-62(101)90-72(78)94-67(56)107)139-145(119,120)125-21-44-38(14-50(131-44)100-27-84-55-61(100)89-71(77)93-66(55)106)137-143(115,116)123-19-42-36(12-48(129-42)97-24-81-52-57(74)79-23-80-58(52)97)136-141(111,112)121-17-40-32(102)10-46(127-40)98-25-82-53-59(98)87-69(75)91-64(53)104/h2-9,16,23-28,32,35-51,102H,10-15,17-22H2,1H3,(H,109,110)(H,111,112)(H,113,114)(H,115,116)(H,117,118)(H,119,120)(H2,74,79,80)(H,95,103,108)(H3,75,87,91,104)(H3,76,88,92,105)(H3,77,89,93,106)(H3,78,90,94,107). The highest BCUT2D eigenvalue weighted by molar-refractivity contribution is 7.49. The lowest BCUT2D eigenvalue weighted by Crippen LogP contribution is -2.33. The molecule has 0 amide bonds. The summed E-state index contributed by atoms with van der Waals surface area (Å²) in [5.74, 6) is -1.81. The molecule has 66 nitrogen and oxygen atoms in total. The van der Waals surface area contributed by atoms with Crippen LogP contribution in [0.15, 0.2) is 126 Å². The molecule has 0 bridgehead atoms. The van der Waals surface area contributed by atoms with Crippen LogP contribution in [0.4, 0.5) is 29.6 Å². The summed E-state index contributed by atoms with van der Waals surface area (Å²) in [6.07, 6.45) is -23.5. The molecule has 72 heteroatoms. The van der Waals surface area contributed by atoms with Crippen LogP contribution in [-0.4, -0.2) is 259 Å². The van der Waals surface area contributed by atoms with E-state index in [0.29, 0.717) is 11.1 Å². The minimum atomic E-state index is -5.74. The van der Waals surface area contributed by atoms with Crippen LogP contribution in [0.25, 0.3) is 78.4 Å². The number of para-hydroxylation sites is 3. The summed E-state index contributed by atoms with van der Waals surface area (Å²) in [7, 11) is -33.3. The first-order valence-electron chi connectivity index (χ1n) is 43.1. The van der Waals surface area contributed by atoms with Crippen molar-refractivity contribution in [2.45, 2.75) is 156 Å². The van der Waals surface area contributed by atoms with Gasteiger partial charge in [-0.05, 0) is 31.2 Å². The summed E-state index contributed by atoms with van der Waals surface area (Å²) >= 11 is 0. The summed E-state index contributed by atoms with van der Waals surface area (Å²) in [6.45, 7) is -4.98. The zero-order valence-electron chi connectivity index (χ0n) is 73.9. The number of aromatic amines is 5. The van der Waals surface area contributed by atoms with Gasteiger partial charge in [0.05, 0.1) is 82.9 Å². The first kappa shape index (κ1) is 100. The van der Waals surface area contributed by atoms with Gasteiger partial charge in [0.25, 0.3) is 27.8 Å². The molecule has 772 valence electrons. The Morgan fingerprint density at radius 3 is 1.08 bits per heavy atom. The number of nitrogen functional groups attached to an aromatic ring is 5. The maximum Gasteiger partial charge on any atom is 0.527 e. The van der Waals surface area contributed by atoms with Gasteiger partial charge in [0.1, 0.15) is 128 Å². The number of nitrogens with two attached hydrogens (primary N) is 5. The fourth-order valence-corrected chi connectivity index (χ4v) is 22.7. The SMILES string of the molecule is Cc1cn(C2CC(OP(=O)(O)OCC3OC(n4cnc5c(=O)[nH]c(N)nc54)CC3OP(=O)(O)OCC3OC(n4cnc5c(=O)[nH]c(N)nc54)CC3OP(=O)(O)OCC3OC(n4cnc5c(=O)[nH]c(N)nc54)CC3OP(=O)(O)OCC3OC(n4cnc5c(N)ncnc54)CC3OP(=O)(O)OCC3OC(n4cnc5c(=O)[nH]c(N)nc54)CC3O)C(COP(=O)(O)Oc3ccccc3-c3nc4ccccc4o3)O2)c(=O)[nH]c1=O. The molecule has 6 aliphatic heterocycles. The van der Waals surface area contributed by atoms with Gasteiger partial charge in [-0.2, -0.15) is 19.9 Å². The minimum Gasteiger partial charge on any atom is -0.436 e. The van der Waals surface area contributed by atoms with E-state index in [1.807, 2.05) is 0 Å². The van der Waals surface area contributed by atoms with Gasteiger partial charge in [-0.3, -0.25) is 131 Å². The Hall–Kier alpha value is -12.2. The highest BCUT2D eigenvalue weighted by Crippen LogP contribution is 2.58. The van der Waals surface area contributed by atoms with E-state index in [4.69, 9.17) is 116 Å². The smallest absolute Gasteiger partial charge is 0.436 e. The molecule has 0 saturated carbocycles. The Balaban J connectivity index is 0.530. The predicted octanol–water partition coefficient (Wildman–Crippen LogP) is 0.730. The van der Waals surface area contributed by atoms with E-state index < -0.39 is 281 Å². The van der Waals surface area contributed by atoms with Crippen molar-refractivity contribution in [1.29, 1.82) is 0 Å². The van der Waals surface area contributed by atoms with Crippen LogP contribution in [0, 0.1) is 6.92 Å². The van der Waals surface area contributed by atoms with E-state index in [9.17, 15) is 90.6 Å². The molecule has 6 fully saturated rings. The van der Waals surface area contributed by atoms with Crippen LogP contribution in [0.1, 0.15) is 81.5 Å². The number of hydrogen-bond acceptors (Lipinski definition) is 49. The van der Waals surface area contributed by atoms with E-state index >= 15 is 0 Å². The normalized spacial score (nSPS) is 27.1. The quantitative estimate of drug-likeness (QED) is 0.0239. The molecule has 0 spiro atoms. The number of aryl methyl sites for hydroxylation is 1. The molecule has 6 saturated heterocycles. The molecule has 0 aliphatic carbocycles. The molecular weight excluding hydrogens is 2060 g/mol. The van der Waals surface area contributed by atoms with Crippen molar-refractivity contribution in [1.82, 2.24) is 112 Å². The Labute approximate surface area is 803 Å². The molecule has 145 heavy (non-hydrogen) atoms. The Bertz CT molecular complexity index is 8040. The van der Waals surface area contributed by atoms with Gasteiger partial charge in [-0.25, -0.2) is 72.1 Å². The molecule has 6 aliphatic rings. The molecule has 0 radical (unpaired) electrons. The summed E-state index contributed by atoms with van der Waals surface area (Å²) < 4.78 is 204. The summed E-state index contributed by atoms with van der Waals surface area (Å²) in [5, 5.41) is 11.1. The van der Waals surface area contributed by atoms with Gasteiger partial charge in [-0.1, -0.05) is 24.3 Å². The number of phosphoric ester groups is 6. The summed E-state index contributed by atoms with van der Waals surface area (Å²) in [5.41, 5.74) is 24.1. The zero-order chi connectivity index (χ0) is 102. The highest BCUT2D eigenvalue weighted by atomic mass is 31.2. The number of hydrogen-bond donors (Lipinski definition) is 17. The van der Waals surface area contributed by atoms with Crippen LogP contribution >= 0.6 is 46.9 Å². The first-order valence-corrected chi connectivity index (χ1v) is 52.1. The number of imidazole rings is 5. The van der Waals surface area contributed by atoms with E-state index in [0.717, 1.165) is 49.8 Å². The monoisotopic (exact) mass is 2140 g/mol. The number of nitrogens with one attached hydrogen (secondary N) is 5. The van der Waals surface area contributed by atoms with Crippen molar-refractivity contribution in [2.75, 3.05) is 68.3 Å². The molecule has 14 aromatic rings. The van der Waals surface area contributed by atoms with Gasteiger partial charge in [0.2, 0.25) is 29.7 Å². The van der Waals surface area contributed by atoms with Crippen molar-refractivity contribution < 1.29 is 149 Å². The number of anilines is 5. The number of aliphatic hydroxyl groups is 1. The number of aliphatic hydroxyl groups excluding tert-OH is 1. The van der Waals surface area contributed by atoms with Crippen molar-refractivity contribution in [3.63, 3.8) is 0 Å². The summed E-state index contributed by atoms with van der Waals surface area (Å²) in [6, 6.07) is 12.5. The number of oxazole rings is 1. The fourth-order valence-electron chi connectivity index (χ4n) is 17.1. The maximum atomic E-state index is 14.8. The first-order chi connectivity index (χ1) is 68.9. The third-order valence-electron chi connectivity index (χ3n) is 23.7. The van der Waals surface area contributed by atoms with Gasteiger partial charge in [-0.15, -0.1) is 0 Å². The van der Waals surface area contributed by atoms with E-state index in [1.165, 1.54) is 46.9 Å². The van der Waals surface area contributed by atoms with E-state index in [2.05, 4.69) is 84.7 Å². The number of benzene rings is 2. The third-order valence-corrected chi connectivity index (χ3v) is 29.6. The van der Waals surface area contributed by atoms with Crippen LogP contribution in [0.2, 0.25) is 0 Å². The molecule has 12 aromatic heterocycles.